The largest absolute Gasteiger partial charge is 0.314 e. The highest BCUT2D eigenvalue weighted by atomic mass is 15.2. The number of rotatable bonds is 3. The van der Waals surface area contributed by atoms with Gasteiger partial charge in [-0.25, -0.2) is 0 Å². The number of likely N-dealkylation sites (tertiary alicyclic amines) is 1. The molecule has 0 bridgehead atoms. The lowest BCUT2D eigenvalue weighted by atomic mass is 9.77. The van der Waals surface area contributed by atoms with E-state index in [-0.39, 0.29) is 0 Å². The van der Waals surface area contributed by atoms with Gasteiger partial charge in [-0.3, -0.25) is 4.90 Å². The molecule has 0 spiro atoms. The fourth-order valence-corrected chi connectivity index (χ4v) is 2.86. The van der Waals surface area contributed by atoms with Crippen LogP contribution in [0.2, 0.25) is 0 Å². The molecule has 1 aliphatic rings. The first-order chi connectivity index (χ1) is 6.79. The van der Waals surface area contributed by atoms with E-state index in [0.29, 0.717) is 17.1 Å². The molecular weight excluding hydrogens is 184 g/mol. The average molecular weight is 212 g/mol. The Hall–Kier alpha value is -0.0800. The summed E-state index contributed by atoms with van der Waals surface area (Å²) in [6.07, 6.45) is 3.74. The third kappa shape index (κ3) is 2.94. The van der Waals surface area contributed by atoms with Gasteiger partial charge in [0.25, 0.3) is 0 Å². The lowest BCUT2D eigenvalue weighted by Crippen LogP contribution is -2.62. The quantitative estimate of drug-likeness (QED) is 0.773. The van der Waals surface area contributed by atoms with E-state index in [1.807, 2.05) is 0 Å². The standard InChI is InChI=1S/C13H28N2/c1-7-8-14-11-9-12(2,3)15(6)13(4,5)10-11/h11,14H,7-10H2,1-6H3. The molecule has 15 heavy (non-hydrogen) atoms. The average Bonchev–Trinajstić information content (AvgIpc) is 2.10. The molecule has 0 atom stereocenters. The maximum absolute atomic E-state index is 3.68. The van der Waals surface area contributed by atoms with Crippen molar-refractivity contribution in [2.75, 3.05) is 13.6 Å². The lowest BCUT2D eigenvalue weighted by molar-refractivity contribution is -0.0179. The normalized spacial score (nSPS) is 26.8. The molecule has 0 amide bonds. The Kier molecular flexibility index (Phi) is 3.83. The first-order valence-corrected chi connectivity index (χ1v) is 6.27. The van der Waals surface area contributed by atoms with Crippen LogP contribution in [0.25, 0.3) is 0 Å². The maximum atomic E-state index is 3.68. The van der Waals surface area contributed by atoms with Crippen LogP contribution in [-0.4, -0.2) is 35.6 Å². The summed E-state index contributed by atoms with van der Waals surface area (Å²) in [4.78, 5) is 2.53. The van der Waals surface area contributed by atoms with Gasteiger partial charge >= 0.3 is 0 Å². The highest BCUT2D eigenvalue weighted by Gasteiger charge is 2.42. The molecule has 1 rings (SSSR count). The van der Waals surface area contributed by atoms with Crippen molar-refractivity contribution in [3.63, 3.8) is 0 Å². The van der Waals surface area contributed by atoms with Crippen molar-refractivity contribution in [2.24, 2.45) is 0 Å². The predicted molar refractivity (Wildman–Crippen MR) is 67.2 cm³/mol. The molecule has 0 aromatic carbocycles. The van der Waals surface area contributed by atoms with Gasteiger partial charge in [-0.2, -0.15) is 0 Å². The van der Waals surface area contributed by atoms with E-state index < -0.39 is 0 Å². The van der Waals surface area contributed by atoms with Crippen LogP contribution in [0, 0.1) is 0 Å². The Bertz CT molecular complexity index is 191. The summed E-state index contributed by atoms with van der Waals surface area (Å²) in [5.41, 5.74) is 0.625. The summed E-state index contributed by atoms with van der Waals surface area (Å²) in [6, 6.07) is 0.686. The van der Waals surface area contributed by atoms with E-state index in [2.05, 4.69) is 51.9 Å². The van der Waals surface area contributed by atoms with Crippen molar-refractivity contribution < 1.29 is 0 Å². The van der Waals surface area contributed by atoms with Gasteiger partial charge in [-0.1, -0.05) is 6.92 Å². The van der Waals surface area contributed by atoms with E-state index in [1.54, 1.807) is 0 Å². The van der Waals surface area contributed by atoms with E-state index in [0.717, 1.165) is 6.54 Å². The van der Waals surface area contributed by atoms with Gasteiger partial charge in [0.1, 0.15) is 0 Å². The highest BCUT2D eigenvalue weighted by molar-refractivity contribution is 5.00. The second-order valence-electron chi connectivity index (χ2n) is 6.24. The van der Waals surface area contributed by atoms with Gasteiger partial charge in [0.15, 0.2) is 0 Å². The fourth-order valence-electron chi connectivity index (χ4n) is 2.86. The molecule has 1 saturated heterocycles. The number of hydrogen-bond acceptors (Lipinski definition) is 2. The third-order valence-corrected chi connectivity index (χ3v) is 3.99. The molecule has 1 aliphatic heterocycles. The number of piperidine rings is 1. The van der Waals surface area contributed by atoms with Gasteiger partial charge in [0.05, 0.1) is 0 Å². The zero-order chi connectivity index (χ0) is 11.7. The Labute approximate surface area is 95.4 Å². The van der Waals surface area contributed by atoms with Crippen LogP contribution < -0.4 is 5.32 Å². The molecule has 0 aromatic heterocycles. The van der Waals surface area contributed by atoms with Gasteiger partial charge in [0.2, 0.25) is 0 Å². The molecule has 2 heteroatoms. The van der Waals surface area contributed by atoms with Crippen LogP contribution >= 0.6 is 0 Å². The Morgan fingerprint density at radius 3 is 2.00 bits per heavy atom. The van der Waals surface area contributed by atoms with Crippen molar-refractivity contribution in [3.05, 3.63) is 0 Å². The molecule has 0 aliphatic carbocycles. The van der Waals surface area contributed by atoms with Crippen LogP contribution in [-0.2, 0) is 0 Å². The third-order valence-electron chi connectivity index (χ3n) is 3.99. The van der Waals surface area contributed by atoms with Crippen LogP contribution in [0.3, 0.4) is 0 Å². The minimum absolute atomic E-state index is 0.313. The Balaban J connectivity index is 2.66. The van der Waals surface area contributed by atoms with E-state index in [4.69, 9.17) is 0 Å². The lowest BCUT2D eigenvalue weighted by Gasteiger charge is -2.53. The van der Waals surface area contributed by atoms with Crippen LogP contribution in [0.1, 0.15) is 53.9 Å². The minimum atomic E-state index is 0.313. The molecule has 90 valence electrons. The number of nitrogens with one attached hydrogen (secondary N) is 1. The Morgan fingerprint density at radius 2 is 1.60 bits per heavy atom. The molecule has 1 fully saturated rings. The summed E-state index contributed by atoms with van der Waals surface area (Å²) in [5, 5.41) is 3.68. The second-order valence-corrected chi connectivity index (χ2v) is 6.24. The second kappa shape index (κ2) is 4.42. The molecule has 0 unspecified atom stereocenters. The van der Waals surface area contributed by atoms with Crippen LogP contribution in [0.15, 0.2) is 0 Å². The van der Waals surface area contributed by atoms with Crippen molar-refractivity contribution in [1.29, 1.82) is 0 Å². The van der Waals surface area contributed by atoms with E-state index in [9.17, 15) is 0 Å². The molecule has 0 radical (unpaired) electrons. The predicted octanol–water partition coefficient (Wildman–Crippen LogP) is 2.64. The van der Waals surface area contributed by atoms with E-state index >= 15 is 0 Å². The number of hydrogen-bond donors (Lipinski definition) is 1. The van der Waals surface area contributed by atoms with Crippen molar-refractivity contribution in [2.45, 2.75) is 71.0 Å². The summed E-state index contributed by atoms with van der Waals surface area (Å²) in [5.74, 6) is 0. The van der Waals surface area contributed by atoms with Crippen LogP contribution in [0.4, 0.5) is 0 Å². The van der Waals surface area contributed by atoms with E-state index in [1.165, 1.54) is 19.3 Å². The number of nitrogens with zero attached hydrogens (tertiary/aromatic N) is 1. The topological polar surface area (TPSA) is 15.3 Å². The Morgan fingerprint density at radius 1 is 1.13 bits per heavy atom. The molecule has 2 nitrogen and oxygen atoms in total. The molecule has 0 aromatic rings. The molecule has 1 heterocycles. The smallest absolute Gasteiger partial charge is 0.0170 e. The monoisotopic (exact) mass is 212 g/mol. The summed E-state index contributed by atoms with van der Waals surface area (Å²) in [7, 11) is 2.26. The van der Waals surface area contributed by atoms with Crippen LogP contribution in [0.5, 0.6) is 0 Å². The fraction of sp³-hybridized carbons (Fsp3) is 1.00. The molecule has 0 saturated carbocycles. The van der Waals surface area contributed by atoms with Gasteiger partial charge in [-0.05, 0) is 60.5 Å². The van der Waals surface area contributed by atoms with Crippen molar-refractivity contribution in [1.82, 2.24) is 10.2 Å². The molecule has 1 N–H and O–H groups in total. The maximum Gasteiger partial charge on any atom is 0.0170 e. The summed E-state index contributed by atoms with van der Waals surface area (Å²) in [6.45, 7) is 12.8. The summed E-state index contributed by atoms with van der Waals surface area (Å²) < 4.78 is 0. The molecular formula is C13H28N2. The van der Waals surface area contributed by atoms with Crippen molar-refractivity contribution >= 4 is 0 Å². The van der Waals surface area contributed by atoms with Gasteiger partial charge in [0, 0.05) is 17.1 Å². The highest BCUT2D eigenvalue weighted by Crippen LogP contribution is 2.36. The van der Waals surface area contributed by atoms with Gasteiger partial charge < -0.3 is 5.32 Å². The SMILES string of the molecule is CCCNC1CC(C)(C)N(C)C(C)(C)C1. The first-order valence-electron chi connectivity index (χ1n) is 6.27. The zero-order valence-electron chi connectivity index (χ0n) is 11.4. The van der Waals surface area contributed by atoms with Gasteiger partial charge in [-0.15, -0.1) is 0 Å². The summed E-state index contributed by atoms with van der Waals surface area (Å²) >= 11 is 0. The van der Waals surface area contributed by atoms with Crippen molar-refractivity contribution in [3.8, 4) is 0 Å². The first kappa shape index (κ1) is 13.0. The zero-order valence-corrected chi connectivity index (χ0v) is 11.4. The minimum Gasteiger partial charge on any atom is -0.314 e.